The highest BCUT2D eigenvalue weighted by Gasteiger charge is 2.29. The van der Waals surface area contributed by atoms with Crippen LogP contribution in [0.2, 0.25) is 0 Å². The summed E-state index contributed by atoms with van der Waals surface area (Å²) < 4.78 is 0. The third kappa shape index (κ3) is 11.3. The fraction of sp³-hybridized carbons (Fsp3) is 0.387. The van der Waals surface area contributed by atoms with Gasteiger partial charge in [0.1, 0.15) is 6.04 Å². The van der Waals surface area contributed by atoms with Crippen molar-refractivity contribution in [3.63, 3.8) is 0 Å². The van der Waals surface area contributed by atoms with Gasteiger partial charge in [-0.25, -0.2) is 5.01 Å². The number of benzene rings is 2. The van der Waals surface area contributed by atoms with Crippen LogP contribution < -0.4 is 11.2 Å². The highest BCUT2D eigenvalue weighted by molar-refractivity contribution is 7.09. The second kappa shape index (κ2) is 15.3. The molecule has 0 spiro atoms. The molecule has 1 aromatic heterocycles. The Morgan fingerprint density at radius 3 is 2.27 bits per heavy atom. The van der Waals surface area contributed by atoms with Gasteiger partial charge in [0.25, 0.3) is 5.91 Å². The molecule has 1 heterocycles. The summed E-state index contributed by atoms with van der Waals surface area (Å²) in [4.78, 5) is 41.3. The molecule has 8 nitrogen and oxygen atoms in total. The first-order valence-electron chi connectivity index (χ1n) is 13.2. The second-order valence-electron chi connectivity index (χ2n) is 10.8. The smallest absolute Gasteiger partial charge is 0.257 e. The summed E-state index contributed by atoms with van der Waals surface area (Å²) in [7, 11) is 6.56. The molecule has 0 saturated carbocycles. The average molecular weight is 566 g/mol. The Morgan fingerprint density at radius 2 is 1.68 bits per heavy atom. The van der Waals surface area contributed by atoms with Gasteiger partial charge in [0.2, 0.25) is 11.8 Å². The number of carbonyl (C=O) groups is 3. The van der Waals surface area contributed by atoms with Crippen LogP contribution in [-0.2, 0) is 20.8 Å². The third-order valence-electron chi connectivity index (χ3n) is 6.03. The van der Waals surface area contributed by atoms with Crippen LogP contribution in [0.5, 0.6) is 0 Å². The molecule has 0 radical (unpaired) electrons. The lowest BCUT2D eigenvalue weighted by atomic mass is 10.0. The van der Waals surface area contributed by atoms with E-state index in [0.717, 1.165) is 4.88 Å². The van der Waals surface area contributed by atoms with Gasteiger partial charge < -0.3 is 15.5 Å². The third-order valence-corrected chi connectivity index (χ3v) is 6.93. The molecular formula is C31H43N5O3S. The van der Waals surface area contributed by atoms with Crippen LogP contribution in [0.1, 0.15) is 30.7 Å². The summed E-state index contributed by atoms with van der Waals surface area (Å²) in [6.45, 7) is 5.74. The largest absolute Gasteiger partial charge is 0.333 e. The lowest BCUT2D eigenvalue weighted by Crippen LogP contribution is -2.53. The number of nitrogens with one attached hydrogen (secondary N) is 1. The minimum absolute atomic E-state index is 0.123. The van der Waals surface area contributed by atoms with E-state index in [1.54, 1.807) is 39.3 Å². The maximum Gasteiger partial charge on any atom is 0.257 e. The van der Waals surface area contributed by atoms with Crippen molar-refractivity contribution in [2.45, 2.75) is 45.2 Å². The lowest BCUT2D eigenvalue weighted by Gasteiger charge is -2.29. The van der Waals surface area contributed by atoms with Crippen molar-refractivity contribution >= 4 is 39.8 Å². The van der Waals surface area contributed by atoms with Gasteiger partial charge in [0.15, 0.2) is 0 Å². The average Bonchev–Trinajstić information content (AvgIpc) is 3.39. The number of hydrogen-bond acceptors (Lipinski definition) is 6. The Bertz CT molecular complexity index is 1280. The predicted octanol–water partition coefficient (Wildman–Crippen LogP) is 4.00. The van der Waals surface area contributed by atoms with Crippen LogP contribution in [0.4, 0.5) is 0 Å². The molecule has 3 rings (SSSR count). The van der Waals surface area contributed by atoms with E-state index in [1.165, 1.54) is 43.5 Å². The Balaban J connectivity index is 0.000000417. The standard InChI is InChI=1S/C20H33N5O3S.C11H10/c1-20(2,21)11-7-10-17(26)24(5)14-18(27)25(6)16(19(28)22-23(3)4)13-15-9-8-12-29-15;1-9-6-7-10-4-2-3-5-11(10)8-9/h7-10,12,16H,11,13-14,21H2,1-6H3,(H,22,28);2-8H,1H3/b10-7+;. The van der Waals surface area contributed by atoms with E-state index in [-0.39, 0.29) is 24.3 Å². The van der Waals surface area contributed by atoms with Crippen molar-refractivity contribution in [2.75, 3.05) is 34.7 Å². The molecule has 2 aromatic carbocycles. The molecule has 216 valence electrons. The van der Waals surface area contributed by atoms with Crippen molar-refractivity contribution in [3.8, 4) is 0 Å². The van der Waals surface area contributed by atoms with Crippen molar-refractivity contribution in [2.24, 2.45) is 5.73 Å². The van der Waals surface area contributed by atoms with E-state index >= 15 is 0 Å². The van der Waals surface area contributed by atoms with Crippen LogP contribution in [0.3, 0.4) is 0 Å². The summed E-state index contributed by atoms with van der Waals surface area (Å²) in [6.07, 6.45) is 4.08. The maximum atomic E-state index is 12.7. The van der Waals surface area contributed by atoms with Crippen LogP contribution in [0, 0.1) is 6.92 Å². The lowest BCUT2D eigenvalue weighted by molar-refractivity contribution is -0.143. The number of rotatable bonds is 10. The Hall–Kier alpha value is -3.53. The molecule has 0 aliphatic heterocycles. The predicted molar refractivity (Wildman–Crippen MR) is 165 cm³/mol. The van der Waals surface area contributed by atoms with Gasteiger partial charge in [-0.1, -0.05) is 60.2 Å². The minimum Gasteiger partial charge on any atom is -0.333 e. The number of likely N-dealkylation sites (N-methyl/N-ethyl adjacent to an activating group) is 2. The van der Waals surface area contributed by atoms with E-state index < -0.39 is 11.6 Å². The van der Waals surface area contributed by atoms with Crippen LogP contribution >= 0.6 is 11.3 Å². The van der Waals surface area contributed by atoms with Gasteiger partial charge in [-0.2, -0.15) is 0 Å². The zero-order chi connectivity index (χ0) is 29.9. The number of hydrazine groups is 1. The number of nitrogens with two attached hydrogens (primary N) is 1. The Kier molecular flexibility index (Phi) is 12.5. The number of carbonyl (C=O) groups excluding carboxylic acids is 3. The van der Waals surface area contributed by atoms with Crippen LogP contribution in [-0.4, -0.2) is 78.8 Å². The number of aryl methyl sites for hydroxylation is 1. The summed E-state index contributed by atoms with van der Waals surface area (Å²) in [6, 6.07) is 18.1. The van der Waals surface area contributed by atoms with Crippen molar-refractivity contribution < 1.29 is 14.4 Å². The SMILES string of the molecule is CN(C)NC(=O)C(Cc1cccs1)N(C)C(=O)CN(C)C(=O)/C=C/CC(C)(C)N.Cc1ccc2ccccc2c1. The molecule has 3 amide bonds. The Morgan fingerprint density at radius 1 is 1.00 bits per heavy atom. The molecule has 0 fully saturated rings. The molecule has 0 aliphatic rings. The van der Waals surface area contributed by atoms with E-state index in [4.69, 9.17) is 5.73 Å². The number of fused-ring (bicyclic) bond motifs is 1. The Labute approximate surface area is 242 Å². The summed E-state index contributed by atoms with van der Waals surface area (Å²) in [5.41, 5.74) is 9.52. The highest BCUT2D eigenvalue weighted by Crippen LogP contribution is 2.15. The van der Waals surface area contributed by atoms with E-state index in [0.29, 0.717) is 12.8 Å². The first-order chi connectivity index (χ1) is 18.8. The zero-order valence-electron chi connectivity index (χ0n) is 24.7. The summed E-state index contributed by atoms with van der Waals surface area (Å²) in [5.74, 6) is -0.884. The monoisotopic (exact) mass is 565 g/mol. The summed E-state index contributed by atoms with van der Waals surface area (Å²) >= 11 is 1.53. The maximum absolute atomic E-state index is 12.7. The topological polar surface area (TPSA) is 99.0 Å². The normalized spacial score (nSPS) is 12.1. The summed E-state index contributed by atoms with van der Waals surface area (Å²) in [5, 5.41) is 6.12. The quantitative estimate of drug-likeness (QED) is 0.286. The van der Waals surface area contributed by atoms with Crippen LogP contribution in [0.25, 0.3) is 10.8 Å². The fourth-order valence-electron chi connectivity index (χ4n) is 3.79. The van der Waals surface area contributed by atoms with Gasteiger partial charge in [-0.3, -0.25) is 19.8 Å². The molecule has 0 bridgehead atoms. The molecule has 9 heteroatoms. The first kappa shape index (κ1) is 32.7. The van der Waals surface area contributed by atoms with Gasteiger partial charge in [0.05, 0.1) is 6.54 Å². The minimum atomic E-state index is -0.680. The van der Waals surface area contributed by atoms with Gasteiger partial charge >= 0.3 is 0 Å². The van der Waals surface area contributed by atoms with Crippen molar-refractivity contribution in [1.82, 2.24) is 20.2 Å². The van der Waals surface area contributed by atoms with E-state index in [9.17, 15) is 14.4 Å². The van der Waals surface area contributed by atoms with Gasteiger partial charge in [-0.15, -0.1) is 11.3 Å². The van der Waals surface area contributed by atoms with Crippen molar-refractivity contribution in [1.29, 1.82) is 0 Å². The molecule has 3 N–H and O–H groups in total. The van der Waals surface area contributed by atoms with E-state index in [2.05, 4.69) is 54.8 Å². The highest BCUT2D eigenvalue weighted by atomic mass is 32.1. The molecule has 3 aromatic rings. The van der Waals surface area contributed by atoms with Crippen LogP contribution in [0.15, 0.2) is 72.1 Å². The molecule has 1 atom stereocenters. The molecule has 1 unspecified atom stereocenters. The van der Waals surface area contributed by atoms with Gasteiger partial charge in [-0.05, 0) is 55.5 Å². The number of thiophene rings is 1. The number of nitrogens with zero attached hydrogens (tertiary/aromatic N) is 3. The van der Waals surface area contributed by atoms with E-state index in [1.807, 2.05) is 31.4 Å². The molecule has 0 aliphatic carbocycles. The molecule has 40 heavy (non-hydrogen) atoms. The molecular weight excluding hydrogens is 522 g/mol. The zero-order valence-corrected chi connectivity index (χ0v) is 25.5. The molecule has 0 saturated heterocycles. The van der Waals surface area contributed by atoms with Crippen molar-refractivity contribution in [3.05, 3.63) is 82.6 Å². The second-order valence-corrected chi connectivity index (χ2v) is 11.8. The number of hydrogen-bond donors (Lipinski definition) is 2. The van der Waals surface area contributed by atoms with Gasteiger partial charge in [0, 0.05) is 45.0 Å². The first-order valence-corrected chi connectivity index (χ1v) is 14.1. The fourth-order valence-corrected chi connectivity index (χ4v) is 4.53. The number of amides is 3.